The van der Waals surface area contributed by atoms with Gasteiger partial charge in [0.25, 0.3) is 5.91 Å². The Bertz CT molecular complexity index is 1270. The maximum absolute atomic E-state index is 12.9. The number of benzene rings is 1. The van der Waals surface area contributed by atoms with E-state index in [0.717, 1.165) is 17.2 Å². The molecule has 1 aromatic carbocycles. The molecule has 0 atom stereocenters. The zero-order valence-electron chi connectivity index (χ0n) is 16.3. The Balaban J connectivity index is 1.48. The molecule has 2 aromatic heterocycles. The number of nitrogen functional groups attached to an aromatic ring is 1. The lowest BCUT2D eigenvalue weighted by molar-refractivity contribution is 0.0741. The summed E-state index contributed by atoms with van der Waals surface area (Å²) in [5.41, 5.74) is 7.43. The number of rotatable bonds is 4. The number of aromatic nitrogens is 2. The smallest absolute Gasteiger partial charge is 0.270 e. The quantitative estimate of drug-likeness (QED) is 0.481. The first kappa shape index (κ1) is 19.8. The van der Waals surface area contributed by atoms with E-state index in [1.165, 1.54) is 6.07 Å². The van der Waals surface area contributed by atoms with E-state index in [1.54, 1.807) is 35.4 Å². The molecule has 5 N–H and O–H groups in total. The molecule has 0 spiro atoms. The van der Waals surface area contributed by atoms with Gasteiger partial charge in [0.2, 0.25) is 15.5 Å². The molecule has 0 unspecified atom stereocenters. The van der Waals surface area contributed by atoms with Crippen LogP contribution in [0.5, 0.6) is 0 Å². The lowest BCUT2D eigenvalue weighted by Gasteiger charge is -2.35. The van der Waals surface area contributed by atoms with Crippen LogP contribution in [0.1, 0.15) is 10.5 Å². The van der Waals surface area contributed by atoms with E-state index < -0.39 is 10.0 Å². The fraction of sp³-hybridized carbons (Fsp3) is 0.263. The van der Waals surface area contributed by atoms with Crippen LogP contribution in [0.15, 0.2) is 41.3 Å². The minimum atomic E-state index is -3.38. The van der Waals surface area contributed by atoms with Gasteiger partial charge in [-0.15, -0.1) is 0 Å². The van der Waals surface area contributed by atoms with Crippen molar-refractivity contribution in [2.45, 2.75) is 0 Å². The highest BCUT2D eigenvalue weighted by atomic mass is 32.2. The molecule has 0 radical (unpaired) electrons. The van der Waals surface area contributed by atoms with Crippen molar-refractivity contribution in [1.82, 2.24) is 14.9 Å². The van der Waals surface area contributed by atoms with E-state index in [-0.39, 0.29) is 17.0 Å². The molecule has 10 nitrogen and oxygen atoms in total. The maximum atomic E-state index is 12.9. The Morgan fingerprint density at radius 3 is 2.57 bits per heavy atom. The van der Waals surface area contributed by atoms with E-state index in [0.29, 0.717) is 43.4 Å². The lowest BCUT2D eigenvalue weighted by Crippen LogP contribution is -2.49. The van der Waals surface area contributed by atoms with Crippen molar-refractivity contribution in [2.75, 3.05) is 47.8 Å². The number of nitrogens with one attached hydrogen (secondary N) is 3. The first-order valence-corrected chi connectivity index (χ1v) is 11.2. The van der Waals surface area contributed by atoms with Crippen LogP contribution in [-0.2, 0) is 10.0 Å². The first-order chi connectivity index (χ1) is 14.2. The summed E-state index contributed by atoms with van der Waals surface area (Å²) in [7, 11) is -3.38. The van der Waals surface area contributed by atoms with Gasteiger partial charge in [-0.2, -0.15) is 0 Å². The highest BCUT2D eigenvalue weighted by molar-refractivity contribution is 7.92. The van der Waals surface area contributed by atoms with Gasteiger partial charge in [-0.3, -0.25) is 14.3 Å². The fourth-order valence-corrected chi connectivity index (χ4v) is 4.13. The molecule has 30 heavy (non-hydrogen) atoms. The van der Waals surface area contributed by atoms with Gasteiger partial charge in [-0.1, -0.05) is 0 Å². The van der Waals surface area contributed by atoms with Gasteiger partial charge < -0.3 is 25.5 Å². The summed E-state index contributed by atoms with van der Waals surface area (Å²) < 4.78 is 25.3. The van der Waals surface area contributed by atoms with Crippen molar-refractivity contribution < 1.29 is 13.2 Å². The minimum absolute atomic E-state index is 0.141. The molecule has 3 heterocycles. The first-order valence-electron chi connectivity index (χ1n) is 9.33. The van der Waals surface area contributed by atoms with Crippen molar-refractivity contribution in [3.63, 3.8) is 0 Å². The number of piperazine rings is 1. The normalized spacial score (nSPS) is 14.8. The summed E-state index contributed by atoms with van der Waals surface area (Å²) in [6.07, 6.45) is 2.64. The summed E-state index contributed by atoms with van der Waals surface area (Å²) in [5, 5.41) is 0.736. The molecule has 158 valence electrons. The largest absolute Gasteiger partial charge is 0.393 e. The van der Waals surface area contributed by atoms with E-state index in [4.69, 9.17) is 5.73 Å². The fourth-order valence-electron chi connectivity index (χ4n) is 3.57. The van der Waals surface area contributed by atoms with Crippen molar-refractivity contribution >= 4 is 44.0 Å². The number of fused-ring (bicyclic) bond motifs is 1. The number of aromatic amines is 2. The molecule has 4 rings (SSSR count). The molecule has 0 saturated carbocycles. The van der Waals surface area contributed by atoms with Crippen LogP contribution in [0.4, 0.5) is 17.2 Å². The number of nitrogens with zero attached hydrogens (tertiary/aromatic N) is 2. The van der Waals surface area contributed by atoms with E-state index in [9.17, 15) is 18.0 Å². The van der Waals surface area contributed by atoms with E-state index in [1.807, 2.05) is 4.90 Å². The van der Waals surface area contributed by atoms with Crippen LogP contribution in [0.3, 0.4) is 0 Å². The Hall–Kier alpha value is -3.47. The number of anilines is 3. The molecule has 1 saturated heterocycles. The average Bonchev–Trinajstić information content (AvgIpc) is 3.12. The summed E-state index contributed by atoms with van der Waals surface area (Å²) in [4.78, 5) is 34.5. The second-order valence-corrected chi connectivity index (χ2v) is 8.99. The Morgan fingerprint density at radius 1 is 1.13 bits per heavy atom. The molecule has 1 aliphatic rings. The molecule has 11 heteroatoms. The minimum Gasteiger partial charge on any atom is -0.393 e. The third kappa shape index (κ3) is 3.96. The topological polar surface area (TPSA) is 144 Å². The number of H-pyrrole nitrogens is 2. The molecule has 1 fully saturated rings. The summed E-state index contributed by atoms with van der Waals surface area (Å²) in [5.74, 6) is 0.434. The summed E-state index contributed by atoms with van der Waals surface area (Å²) in [6, 6.07) is 8.13. The number of sulfonamides is 1. The van der Waals surface area contributed by atoms with Crippen molar-refractivity contribution in [3.8, 4) is 0 Å². The van der Waals surface area contributed by atoms with Crippen LogP contribution >= 0.6 is 0 Å². The highest BCUT2D eigenvalue weighted by Crippen LogP contribution is 2.23. The number of pyridine rings is 1. The number of nitrogens with two attached hydrogens (primary N) is 1. The Kier molecular flexibility index (Phi) is 4.90. The number of carbonyl (C=O) groups is 1. The van der Waals surface area contributed by atoms with Gasteiger partial charge >= 0.3 is 0 Å². The van der Waals surface area contributed by atoms with Crippen LogP contribution in [-0.4, -0.2) is 61.6 Å². The zero-order chi connectivity index (χ0) is 21.5. The van der Waals surface area contributed by atoms with Gasteiger partial charge in [0.05, 0.1) is 6.26 Å². The van der Waals surface area contributed by atoms with E-state index >= 15 is 0 Å². The van der Waals surface area contributed by atoms with Crippen molar-refractivity contribution in [1.29, 1.82) is 0 Å². The summed E-state index contributed by atoms with van der Waals surface area (Å²) >= 11 is 0. The Labute approximate surface area is 172 Å². The summed E-state index contributed by atoms with van der Waals surface area (Å²) in [6.45, 7) is 2.04. The molecule has 0 bridgehead atoms. The predicted octanol–water partition coefficient (Wildman–Crippen LogP) is 0.772. The van der Waals surface area contributed by atoms with Crippen molar-refractivity contribution in [3.05, 3.63) is 52.4 Å². The third-order valence-corrected chi connectivity index (χ3v) is 5.62. The van der Waals surface area contributed by atoms with Crippen LogP contribution in [0, 0.1) is 0 Å². The van der Waals surface area contributed by atoms with Crippen LogP contribution in [0.2, 0.25) is 0 Å². The van der Waals surface area contributed by atoms with Gasteiger partial charge in [0.15, 0.2) is 0 Å². The van der Waals surface area contributed by atoms with Gasteiger partial charge in [-0.05, 0) is 24.3 Å². The zero-order valence-corrected chi connectivity index (χ0v) is 17.1. The number of carbonyl (C=O) groups excluding carboxylic acids is 1. The highest BCUT2D eigenvalue weighted by Gasteiger charge is 2.25. The average molecular weight is 430 g/mol. The molecule has 0 aliphatic carbocycles. The second-order valence-electron chi connectivity index (χ2n) is 7.24. The lowest BCUT2D eigenvalue weighted by atomic mass is 10.2. The molecule has 1 amide bonds. The molecule has 1 aliphatic heterocycles. The van der Waals surface area contributed by atoms with E-state index in [2.05, 4.69) is 14.7 Å². The van der Waals surface area contributed by atoms with Gasteiger partial charge in [0, 0.05) is 55.0 Å². The number of hydrogen-bond acceptors (Lipinski definition) is 6. The second kappa shape index (κ2) is 7.41. The maximum Gasteiger partial charge on any atom is 0.270 e. The SMILES string of the molecule is CS(=O)(=O)Nc1ccc2[nH]c(C(=O)N3CCN(c4[nH]ccc(=O)c4N)CC3)cc2c1. The Morgan fingerprint density at radius 2 is 1.87 bits per heavy atom. The van der Waals surface area contributed by atoms with Crippen LogP contribution in [0.25, 0.3) is 10.9 Å². The number of hydrogen-bond donors (Lipinski definition) is 4. The van der Waals surface area contributed by atoms with Gasteiger partial charge in [0.1, 0.15) is 17.2 Å². The molecular formula is C19H22N6O4S. The van der Waals surface area contributed by atoms with Gasteiger partial charge in [-0.25, -0.2) is 8.42 Å². The molecule has 3 aromatic rings. The van der Waals surface area contributed by atoms with Crippen molar-refractivity contribution in [2.24, 2.45) is 0 Å². The number of amides is 1. The standard InChI is InChI=1S/C19H22N6O4S/c1-30(28,29)23-13-2-3-14-12(10-13)11-15(22-14)19(27)25-8-6-24(7-9-25)18-17(20)16(26)4-5-21-18/h2-5,10-11,22-23H,6-9,20H2,1H3,(H,21,26). The predicted molar refractivity (Wildman–Crippen MR) is 116 cm³/mol. The molecular weight excluding hydrogens is 408 g/mol. The van der Waals surface area contributed by atoms with Crippen LogP contribution < -0.4 is 20.8 Å². The monoisotopic (exact) mass is 430 g/mol. The third-order valence-electron chi connectivity index (χ3n) is 5.01.